The van der Waals surface area contributed by atoms with Crippen LogP contribution >= 0.6 is 11.8 Å². The van der Waals surface area contributed by atoms with Crippen molar-refractivity contribution in [1.29, 1.82) is 0 Å². The van der Waals surface area contributed by atoms with Crippen LogP contribution in [-0.4, -0.2) is 23.1 Å². The second-order valence-corrected chi connectivity index (χ2v) is 6.12. The van der Waals surface area contributed by atoms with E-state index in [1.165, 1.54) is 31.4 Å². The van der Waals surface area contributed by atoms with Crippen LogP contribution in [0.3, 0.4) is 0 Å². The van der Waals surface area contributed by atoms with E-state index in [0.717, 1.165) is 23.3 Å². The zero-order chi connectivity index (χ0) is 9.26. The number of rotatable bonds is 3. The van der Waals surface area contributed by atoms with Crippen LogP contribution in [0.2, 0.25) is 0 Å². The Bertz CT molecular complexity index is 165. The summed E-state index contributed by atoms with van der Waals surface area (Å²) in [5.41, 5.74) is 0. The van der Waals surface area contributed by atoms with Crippen molar-refractivity contribution < 1.29 is 0 Å². The van der Waals surface area contributed by atoms with E-state index >= 15 is 0 Å². The van der Waals surface area contributed by atoms with Gasteiger partial charge in [0.05, 0.1) is 0 Å². The maximum absolute atomic E-state index is 3.78. The lowest BCUT2D eigenvalue weighted by Crippen LogP contribution is -2.42. The van der Waals surface area contributed by atoms with E-state index in [-0.39, 0.29) is 0 Å². The second-order valence-electron chi connectivity index (χ2n) is 4.84. The zero-order valence-electron chi connectivity index (χ0n) is 8.75. The highest BCUT2D eigenvalue weighted by atomic mass is 32.2. The number of hydrogen-bond donors (Lipinski definition) is 1. The van der Waals surface area contributed by atoms with Gasteiger partial charge in [0, 0.05) is 23.1 Å². The molecule has 2 aliphatic rings. The molecule has 1 heterocycles. The molecule has 1 nitrogen and oxygen atoms in total. The molecule has 13 heavy (non-hydrogen) atoms. The van der Waals surface area contributed by atoms with Gasteiger partial charge in [-0.05, 0) is 25.2 Å². The molecule has 2 atom stereocenters. The molecule has 1 saturated heterocycles. The summed E-state index contributed by atoms with van der Waals surface area (Å²) >= 11 is 2.17. The van der Waals surface area contributed by atoms with Crippen molar-refractivity contribution in [2.75, 3.05) is 5.75 Å². The van der Waals surface area contributed by atoms with Gasteiger partial charge in [-0.1, -0.05) is 20.3 Å². The molecule has 0 amide bonds. The maximum Gasteiger partial charge on any atom is 0.0171 e. The summed E-state index contributed by atoms with van der Waals surface area (Å²) in [7, 11) is 0. The first-order valence-electron chi connectivity index (χ1n) is 5.63. The van der Waals surface area contributed by atoms with E-state index in [0.29, 0.717) is 0 Å². The monoisotopic (exact) mass is 199 g/mol. The minimum atomic E-state index is 0.822. The molecule has 2 heteroatoms. The Labute approximate surface area is 86.0 Å². The smallest absolute Gasteiger partial charge is 0.0171 e. The first kappa shape index (κ1) is 9.85. The van der Waals surface area contributed by atoms with Crippen LogP contribution in [0.15, 0.2) is 0 Å². The summed E-state index contributed by atoms with van der Waals surface area (Å²) in [6.45, 7) is 4.70. The molecular formula is C11H21NS. The molecule has 2 fully saturated rings. The molecular weight excluding hydrogens is 178 g/mol. The largest absolute Gasteiger partial charge is 0.310 e. The fraction of sp³-hybridized carbons (Fsp3) is 1.00. The minimum absolute atomic E-state index is 0.822. The maximum atomic E-state index is 3.78. The minimum Gasteiger partial charge on any atom is -0.310 e. The van der Waals surface area contributed by atoms with Crippen LogP contribution < -0.4 is 5.32 Å². The summed E-state index contributed by atoms with van der Waals surface area (Å²) < 4.78 is 0. The average molecular weight is 199 g/mol. The lowest BCUT2D eigenvalue weighted by molar-refractivity contribution is 0.306. The summed E-state index contributed by atoms with van der Waals surface area (Å²) in [5, 5.41) is 4.69. The first-order valence-corrected chi connectivity index (χ1v) is 6.68. The normalized spacial score (nSPS) is 35.3. The Morgan fingerprint density at radius 2 is 2.00 bits per heavy atom. The van der Waals surface area contributed by atoms with Gasteiger partial charge >= 0.3 is 0 Å². The van der Waals surface area contributed by atoms with Crippen molar-refractivity contribution in [1.82, 2.24) is 5.32 Å². The van der Waals surface area contributed by atoms with Gasteiger partial charge in [0.1, 0.15) is 0 Å². The summed E-state index contributed by atoms with van der Waals surface area (Å²) in [4.78, 5) is 0. The van der Waals surface area contributed by atoms with Gasteiger partial charge in [-0.15, -0.1) is 0 Å². The fourth-order valence-electron chi connectivity index (χ4n) is 2.15. The quantitative estimate of drug-likeness (QED) is 0.750. The van der Waals surface area contributed by atoms with Gasteiger partial charge in [0.15, 0.2) is 0 Å². The molecule has 0 aromatic rings. The molecule has 0 aromatic carbocycles. The standard InChI is InChI=1S/C11H21NS/c1-8(2)11-6-10(7-13-11)12-9-4-3-5-9/h8-12H,3-7H2,1-2H3. The predicted octanol–water partition coefficient (Wildman–Crippen LogP) is 2.66. The van der Waals surface area contributed by atoms with Crippen LogP contribution in [0.25, 0.3) is 0 Å². The summed E-state index contributed by atoms with van der Waals surface area (Å²) in [5.74, 6) is 2.21. The van der Waals surface area contributed by atoms with Crippen molar-refractivity contribution in [2.45, 2.75) is 56.9 Å². The Balaban J connectivity index is 1.71. The van der Waals surface area contributed by atoms with Gasteiger partial charge in [0.2, 0.25) is 0 Å². The third-order valence-electron chi connectivity index (χ3n) is 3.35. The highest BCUT2D eigenvalue weighted by Crippen LogP contribution is 2.33. The van der Waals surface area contributed by atoms with Crippen molar-refractivity contribution in [3.63, 3.8) is 0 Å². The lowest BCUT2D eigenvalue weighted by atomic mass is 9.92. The SMILES string of the molecule is CC(C)C1CC(NC2CCC2)CS1. The molecule has 0 bridgehead atoms. The topological polar surface area (TPSA) is 12.0 Å². The molecule has 0 aromatic heterocycles. The van der Waals surface area contributed by atoms with Crippen molar-refractivity contribution in [2.24, 2.45) is 5.92 Å². The van der Waals surface area contributed by atoms with Crippen LogP contribution in [0.1, 0.15) is 39.5 Å². The molecule has 0 radical (unpaired) electrons. The Morgan fingerprint density at radius 3 is 2.46 bits per heavy atom. The molecule has 1 saturated carbocycles. The second kappa shape index (κ2) is 4.22. The van der Waals surface area contributed by atoms with Gasteiger partial charge in [-0.2, -0.15) is 11.8 Å². The average Bonchev–Trinajstić information content (AvgIpc) is 2.44. The molecule has 2 unspecified atom stereocenters. The van der Waals surface area contributed by atoms with Crippen LogP contribution in [0.5, 0.6) is 0 Å². The van der Waals surface area contributed by atoms with Crippen molar-refractivity contribution in [3.05, 3.63) is 0 Å². The molecule has 1 aliphatic carbocycles. The summed E-state index contributed by atoms with van der Waals surface area (Å²) in [6.07, 6.45) is 5.70. The third-order valence-corrected chi connectivity index (χ3v) is 5.11. The Kier molecular flexibility index (Phi) is 3.20. The van der Waals surface area contributed by atoms with Crippen LogP contribution in [0.4, 0.5) is 0 Å². The molecule has 1 aliphatic heterocycles. The van der Waals surface area contributed by atoms with Gasteiger partial charge in [0.25, 0.3) is 0 Å². The van der Waals surface area contributed by atoms with Crippen LogP contribution in [-0.2, 0) is 0 Å². The number of hydrogen-bond acceptors (Lipinski definition) is 2. The van der Waals surface area contributed by atoms with E-state index in [1.54, 1.807) is 0 Å². The Morgan fingerprint density at radius 1 is 1.23 bits per heavy atom. The van der Waals surface area contributed by atoms with E-state index < -0.39 is 0 Å². The van der Waals surface area contributed by atoms with E-state index in [4.69, 9.17) is 0 Å². The van der Waals surface area contributed by atoms with Gasteiger partial charge < -0.3 is 5.32 Å². The Hall–Kier alpha value is 0.310. The van der Waals surface area contributed by atoms with Crippen molar-refractivity contribution >= 4 is 11.8 Å². The van der Waals surface area contributed by atoms with Gasteiger partial charge in [-0.25, -0.2) is 0 Å². The first-order chi connectivity index (χ1) is 6.25. The van der Waals surface area contributed by atoms with E-state index in [2.05, 4.69) is 30.9 Å². The van der Waals surface area contributed by atoms with Gasteiger partial charge in [-0.3, -0.25) is 0 Å². The van der Waals surface area contributed by atoms with E-state index in [1.807, 2.05) is 0 Å². The summed E-state index contributed by atoms with van der Waals surface area (Å²) in [6, 6.07) is 1.69. The zero-order valence-corrected chi connectivity index (χ0v) is 9.57. The van der Waals surface area contributed by atoms with E-state index in [9.17, 15) is 0 Å². The molecule has 76 valence electrons. The number of nitrogens with one attached hydrogen (secondary N) is 1. The van der Waals surface area contributed by atoms with Crippen LogP contribution in [0, 0.1) is 5.92 Å². The molecule has 1 N–H and O–H groups in total. The fourth-order valence-corrected chi connectivity index (χ4v) is 3.61. The predicted molar refractivity (Wildman–Crippen MR) is 60.3 cm³/mol. The van der Waals surface area contributed by atoms with Crippen molar-refractivity contribution in [3.8, 4) is 0 Å². The third kappa shape index (κ3) is 2.41. The highest BCUT2D eigenvalue weighted by molar-refractivity contribution is 8.00. The lowest BCUT2D eigenvalue weighted by Gasteiger charge is -2.29. The molecule has 2 rings (SSSR count). The highest BCUT2D eigenvalue weighted by Gasteiger charge is 2.29. The number of thioether (sulfide) groups is 1. The molecule has 0 spiro atoms.